The Kier molecular flexibility index (Phi) is 3.97. The first-order valence-electron chi connectivity index (χ1n) is 8.19. The minimum absolute atomic E-state index is 0.00204. The summed E-state index contributed by atoms with van der Waals surface area (Å²) < 4.78 is 2.12. The summed E-state index contributed by atoms with van der Waals surface area (Å²) in [6.45, 7) is 2.04. The Labute approximate surface area is 152 Å². The molecule has 3 aromatic rings. The predicted molar refractivity (Wildman–Crippen MR) is 102 cm³/mol. The Bertz CT molecular complexity index is 888. The highest BCUT2D eigenvalue weighted by Gasteiger charge is 2.39. The van der Waals surface area contributed by atoms with Gasteiger partial charge in [-0.15, -0.1) is 0 Å². The van der Waals surface area contributed by atoms with Crippen molar-refractivity contribution in [1.29, 1.82) is 0 Å². The quantitative estimate of drug-likeness (QED) is 0.736. The van der Waals surface area contributed by atoms with E-state index in [9.17, 15) is 0 Å². The van der Waals surface area contributed by atoms with Gasteiger partial charge in [0.1, 0.15) is 5.82 Å². The van der Waals surface area contributed by atoms with Crippen molar-refractivity contribution < 1.29 is 0 Å². The van der Waals surface area contributed by atoms with Gasteiger partial charge in [0.05, 0.1) is 17.8 Å². The number of hydrogen-bond donors (Lipinski definition) is 1. The van der Waals surface area contributed by atoms with E-state index in [1.165, 1.54) is 0 Å². The molecule has 1 saturated heterocycles. The summed E-state index contributed by atoms with van der Waals surface area (Å²) >= 11 is 5.51. The molecule has 3 aromatic heterocycles. The minimum Gasteiger partial charge on any atom is -0.352 e. The van der Waals surface area contributed by atoms with Gasteiger partial charge in [0.25, 0.3) is 0 Å². The largest absolute Gasteiger partial charge is 0.352 e. The summed E-state index contributed by atoms with van der Waals surface area (Å²) in [5.41, 5.74) is 3.25. The monoisotopic (exact) mass is 349 g/mol. The zero-order valence-corrected chi connectivity index (χ0v) is 14.9. The molecule has 2 atom stereocenters. The van der Waals surface area contributed by atoms with Crippen molar-refractivity contribution >= 4 is 17.3 Å². The molecule has 0 radical (unpaired) electrons. The van der Waals surface area contributed by atoms with Gasteiger partial charge in [-0.1, -0.05) is 12.1 Å². The van der Waals surface area contributed by atoms with E-state index >= 15 is 0 Å². The molecule has 0 aliphatic carbocycles. The van der Waals surface area contributed by atoms with Gasteiger partial charge >= 0.3 is 0 Å². The van der Waals surface area contributed by atoms with Crippen molar-refractivity contribution in [3.05, 3.63) is 78.0 Å². The second-order valence-electron chi connectivity index (χ2n) is 6.23. The number of pyridine rings is 2. The number of aromatic nitrogens is 3. The maximum Gasteiger partial charge on any atom is 0.169 e. The normalized spacial score (nSPS) is 19.9. The molecule has 4 rings (SSSR count). The highest BCUT2D eigenvalue weighted by atomic mass is 32.1. The van der Waals surface area contributed by atoms with Gasteiger partial charge in [0.15, 0.2) is 5.11 Å². The van der Waals surface area contributed by atoms with Crippen LogP contribution in [0.5, 0.6) is 0 Å². The molecule has 0 aromatic carbocycles. The van der Waals surface area contributed by atoms with Crippen molar-refractivity contribution in [3.8, 4) is 5.82 Å². The van der Waals surface area contributed by atoms with Gasteiger partial charge in [0.2, 0.25) is 0 Å². The van der Waals surface area contributed by atoms with Crippen molar-refractivity contribution in [2.24, 2.45) is 0 Å². The molecule has 0 amide bonds. The molecule has 1 fully saturated rings. The van der Waals surface area contributed by atoms with E-state index in [1.807, 2.05) is 62.9 Å². The molecule has 6 heteroatoms. The topological polar surface area (TPSA) is 46.0 Å². The molecule has 1 aliphatic heterocycles. The number of nitrogens with zero attached hydrogens (tertiary/aromatic N) is 4. The summed E-state index contributed by atoms with van der Waals surface area (Å²) in [7, 11) is 2.02. The highest BCUT2D eigenvalue weighted by molar-refractivity contribution is 7.80. The number of nitrogens with one attached hydrogen (secondary N) is 1. The molecule has 0 spiro atoms. The lowest BCUT2D eigenvalue weighted by Crippen LogP contribution is -2.26. The fourth-order valence-corrected chi connectivity index (χ4v) is 3.52. The van der Waals surface area contributed by atoms with Gasteiger partial charge < -0.3 is 14.8 Å². The van der Waals surface area contributed by atoms with Crippen molar-refractivity contribution in [3.63, 3.8) is 0 Å². The Morgan fingerprint density at radius 1 is 1.08 bits per heavy atom. The molecule has 1 N–H and O–H groups in total. The summed E-state index contributed by atoms with van der Waals surface area (Å²) in [4.78, 5) is 11.2. The number of aryl methyl sites for hydroxylation is 1. The van der Waals surface area contributed by atoms with E-state index in [-0.39, 0.29) is 12.1 Å². The Morgan fingerprint density at radius 3 is 2.68 bits per heavy atom. The summed E-state index contributed by atoms with van der Waals surface area (Å²) in [5, 5.41) is 4.13. The first kappa shape index (κ1) is 15.8. The third-order valence-electron chi connectivity index (χ3n) is 4.56. The van der Waals surface area contributed by atoms with E-state index in [0.29, 0.717) is 0 Å². The van der Waals surface area contributed by atoms with Gasteiger partial charge in [0, 0.05) is 31.3 Å². The van der Waals surface area contributed by atoms with Crippen molar-refractivity contribution in [2.75, 3.05) is 7.05 Å². The fourth-order valence-electron chi connectivity index (χ4n) is 3.27. The number of rotatable bonds is 3. The van der Waals surface area contributed by atoms with Crippen LogP contribution in [0.2, 0.25) is 0 Å². The van der Waals surface area contributed by atoms with Crippen LogP contribution in [0.15, 0.2) is 61.1 Å². The predicted octanol–water partition coefficient (Wildman–Crippen LogP) is 3.18. The minimum atomic E-state index is -0.00204. The number of likely N-dealkylation sites (N-methyl/N-ethyl adjacent to an activating group) is 1. The van der Waals surface area contributed by atoms with Crippen LogP contribution < -0.4 is 5.32 Å². The maximum absolute atomic E-state index is 5.51. The van der Waals surface area contributed by atoms with E-state index in [4.69, 9.17) is 12.2 Å². The highest BCUT2D eigenvalue weighted by Crippen LogP contribution is 2.38. The summed E-state index contributed by atoms with van der Waals surface area (Å²) in [5.74, 6) is 0.900. The molecule has 126 valence electrons. The third kappa shape index (κ3) is 2.78. The van der Waals surface area contributed by atoms with Gasteiger partial charge in [-0.05, 0) is 55.0 Å². The van der Waals surface area contributed by atoms with E-state index in [2.05, 4.69) is 36.9 Å². The zero-order chi connectivity index (χ0) is 17.4. The lowest BCUT2D eigenvalue weighted by atomic mass is 10.0. The van der Waals surface area contributed by atoms with Crippen LogP contribution in [0.3, 0.4) is 0 Å². The lowest BCUT2D eigenvalue weighted by molar-refractivity contribution is 0.356. The van der Waals surface area contributed by atoms with Gasteiger partial charge in [-0.3, -0.25) is 4.98 Å². The van der Waals surface area contributed by atoms with Crippen LogP contribution >= 0.6 is 12.2 Å². The smallest absolute Gasteiger partial charge is 0.169 e. The summed E-state index contributed by atoms with van der Waals surface area (Å²) in [6, 6.07) is 14.3. The Balaban J connectivity index is 1.78. The first-order valence-corrected chi connectivity index (χ1v) is 8.60. The van der Waals surface area contributed by atoms with Gasteiger partial charge in [-0.2, -0.15) is 0 Å². The molecule has 25 heavy (non-hydrogen) atoms. The molecule has 0 unspecified atom stereocenters. The van der Waals surface area contributed by atoms with E-state index < -0.39 is 0 Å². The average Bonchev–Trinajstić information content (AvgIpc) is 3.22. The Morgan fingerprint density at radius 2 is 1.96 bits per heavy atom. The number of thiocarbonyl (C=S) groups is 1. The first-order chi connectivity index (χ1) is 12.1. The van der Waals surface area contributed by atoms with Crippen LogP contribution in [0.4, 0.5) is 0 Å². The van der Waals surface area contributed by atoms with Crippen LogP contribution in [0.25, 0.3) is 5.82 Å². The molecular weight excluding hydrogens is 330 g/mol. The van der Waals surface area contributed by atoms with Crippen LogP contribution in [-0.4, -0.2) is 31.6 Å². The third-order valence-corrected chi connectivity index (χ3v) is 4.97. The van der Waals surface area contributed by atoms with Crippen molar-refractivity contribution in [1.82, 2.24) is 24.8 Å². The molecule has 1 aliphatic rings. The van der Waals surface area contributed by atoms with Crippen molar-refractivity contribution in [2.45, 2.75) is 19.0 Å². The van der Waals surface area contributed by atoms with Gasteiger partial charge in [-0.25, -0.2) is 4.98 Å². The lowest BCUT2D eigenvalue weighted by Gasteiger charge is -2.25. The van der Waals surface area contributed by atoms with Crippen LogP contribution in [0, 0.1) is 6.92 Å². The Hall–Kier alpha value is -2.73. The van der Waals surface area contributed by atoms with E-state index in [1.54, 1.807) is 0 Å². The number of hydrogen-bond acceptors (Lipinski definition) is 3. The van der Waals surface area contributed by atoms with Crippen LogP contribution in [0.1, 0.15) is 29.0 Å². The maximum atomic E-state index is 5.51. The SMILES string of the molecule is Cc1ccc(-n2cccc2[C@@H]2[C@H](c3ccccn3)NC(=S)N2C)nc1. The van der Waals surface area contributed by atoms with Crippen LogP contribution in [-0.2, 0) is 0 Å². The molecular formula is C19H19N5S. The second-order valence-corrected chi connectivity index (χ2v) is 6.62. The summed E-state index contributed by atoms with van der Waals surface area (Å²) in [6.07, 6.45) is 5.74. The molecule has 4 heterocycles. The van der Waals surface area contributed by atoms with E-state index in [0.717, 1.165) is 27.9 Å². The zero-order valence-electron chi connectivity index (χ0n) is 14.1. The standard InChI is InChI=1S/C19H19N5S/c1-13-8-9-16(21-12-13)24-11-5-7-15(24)18-17(22-19(25)23(18)2)14-6-3-4-10-20-14/h3-12,17-18H,1-2H3,(H,22,25)/t17-,18+/m0/s1. The molecule has 5 nitrogen and oxygen atoms in total. The fraction of sp³-hybridized carbons (Fsp3) is 0.211. The molecule has 0 bridgehead atoms. The second kappa shape index (κ2) is 6.29. The average molecular weight is 349 g/mol. The molecule has 0 saturated carbocycles.